The van der Waals surface area contributed by atoms with Crippen LogP contribution in [-0.2, 0) is 7.05 Å². The van der Waals surface area contributed by atoms with Gasteiger partial charge in [-0.3, -0.25) is 4.68 Å². The molecule has 2 unspecified atom stereocenters. The number of nitriles is 1. The molecule has 1 saturated heterocycles. The fraction of sp³-hybridized carbons (Fsp3) is 0.400. The van der Waals surface area contributed by atoms with E-state index in [4.69, 9.17) is 5.26 Å². The zero-order valence-electron chi connectivity index (χ0n) is 16.9. The molecule has 2 aliphatic rings. The normalized spacial score (nSPS) is 22.2. The second kappa shape index (κ2) is 8.26. The van der Waals surface area contributed by atoms with Gasteiger partial charge >= 0.3 is 0 Å². The Kier molecular flexibility index (Phi) is 5.31. The number of nitrogens with one attached hydrogen (secondary N) is 2. The van der Waals surface area contributed by atoms with Crippen LogP contribution in [0.1, 0.15) is 18.5 Å². The van der Waals surface area contributed by atoms with Gasteiger partial charge in [0.15, 0.2) is 11.5 Å². The lowest BCUT2D eigenvalue weighted by Gasteiger charge is -2.21. The van der Waals surface area contributed by atoms with Crippen LogP contribution >= 0.6 is 22.6 Å². The lowest BCUT2D eigenvalue weighted by atomic mass is 10.0. The molecule has 1 aliphatic carbocycles. The molecule has 5 rings (SSSR count). The van der Waals surface area contributed by atoms with E-state index in [0.717, 1.165) is 46.8 Å². The quantitative estimate of drug-likeness (QED) is 0.482. The number of aryl methyl sites for hydroxylation is 1. The van der Waals surface area contributed by atoms with Gasteiger partial charge in [0.05, 0.1) is 15.5 Å². The summed E-state index contributed by atoms with van der Waals surface area (Å²) in [4.78, 5) is 11.3. The predicted octanol–water partition coefficient (Wildman–Crippen LogP) is 2.55. The first-order chi connectivity index (χ1) is 15.1. The van der Waals surface area contributed by atoms with Crippen molar-refractivity contribution in [3.8, 4) is 6.07 Å². The molecule has 4 heterocycles. The van der Waals surface area contributed by atoms with E-state index < -0.39 is 0 Å². The molecule has 0 bridgehead atoms. The summed E-state index contributed by atoms with van der Waals surface area (Å²) in [5.41, 5.74) is 1.21. The van der Waals surface area contributed by atoms with Crippen molar-refractivity contribution < 1.29 is 0 Å². The molecule has 0 amide bonds. The standard InChI is InChI=1S/C20H21IN10/c1-30-11-16(7-24-30)26-20-23-8-17(21)19(27-20)25-15-4-12-9-31(10-13(12)5-15)18-3-2-14(6-22)28-29-18/h2-3,7-8,11-13,15H,4-5,9-10H2,1H3,(H2,23,25,26,27). The highest BCUT2D eigenvalue weighted by molar-refractivity contribution is 14.1. The van der Waals surface area contributed by atoms with Crippen LogP contribution in [0.5, 0.6) is 0 Å². The molecule has 2 N–H and O–H groups in total. The molecule has 3 aromatic rings. The number of nitrogens with zero attached hydrogens (tertiary/aromatic N) is 8. The molecule has 0 aromatic carbocycles. The van der Waals surface area contributed by atoms with Gasteiger partial charge in [-0.2, -0.15) is 15.3 Å². The Balaban J connectivity index is 1.21. The minimum atomic E-state index is 0.351. The van der Waals surface area contributed by atoms with Crippen molar-refractivity contribution in [2.24, 2.45) is 18.9 Å². The number of rotatable bonds is 5. The van der Waals surface area contributed by atoms with Crippen LogP contribution < -0.4 is 15.5 Å². The molecular formula is C20H21IN10. The molecule has 1 aliphatic heterocycles. The topological polar surface area (TPSA) is 120 Å². The van der Waals surface area contributed by atoms with Gasteiger partial charge in [0, 0.05) is 38.6 Å². The average Bonchev–Trinajstić information content (AvgIpc) is 3.45. The third kappa shape index (κ3) is 4.25. The highest BCUT2D eigenvalue weighted by Gasteiger charge is 2.41. The van der Waals surface area contributed by atoms with E-state index >= 15 is 0 Å². The molecule has 2 fully saturated rings. The molecule has 31 heavy (non-hydrogen) atoms. The van der Waals surface area contributed by atoms with Crippen molar-refractivity contribution in [2.45, 2.75) is 18.9 Å². The average molecular weight is 528 g/mol. The summed E-state index contributed by atoms with van der Waals surface area (Å²) in [5.74, 6) is 3.50. The number of hydrogen-bond donors (Lipinski definition) is 2. The van der Waals surface area contributed by atoms with Gasteiger partial charge in [0.2, 0.25) is 5.95 Å². The number of aromatic nitrogens is 6. The number of halogens is 1. The molecule has 0 spiro atoms. The lowest BCUT2D eigenvalue weighted by Crippen LogP contribution is -2.26. The van der Waals surface area contributed by atoms with E-state index in [-0.39, 0.29) is 0 Å². The summed E-state index contributed by atoms with van der Waals surface area (Å²) in [7, 11) is 1.87. The van der Waals surface area contributed by atoms with Gasteiger partial charge in [-0.25, -0.2) is 4.98 Å². The first-order valence-electron chi connectivity index (χ1n) is 10.1. The highest BCUT2D eigenvalue weighted by Crippen LogP contribution is 2.40. The van der Waals surface area contributed by atoms with E-state index in [2.05, 4.69) is 63.4 Å². The SMILES string of the molecule is Cn1cc(Nc2ncc(I)c(NC3CC4CN(c5ccc(C#N)nn5)CC4C3)n2)cn1. The van der Waals surface area contributed by atoms with Gasteiger partial charge < -0.3 is 15.5 Å². The Morgan fingerprint density at radius 3 is 2.61 bits per heavy atom. The van der Waals surface area contributed by atoms with Crippen molar-refractivity contribution in [1.82, 2.24) is 29.9 Å². The third-order valence-corrected chi connectivity index (χ3v) is 6.68. The molecule has 11 heteroatoms. The monoisotopic (exact) mass is 528 g/mol. The Bertz CT molecular complexity index is 1110. The van der Waals surface area contributed by atoms with E-state index in [9.17, 15) is 0 Å². The summed E-state index contributed by atoms with van der Waals surface area (Å²) >= 11 is 2.27. The van der Waals surface area contributed by atoms with Crippen molar-refractivity contribution in [2.75, 3.05) is 28.6 Å². The van der Waals surface area contributed by atoms with Gasteiger partial charge in [0.1, 0.15) is 11.9 Å². The number of hydrogen-bond acceptors (Lipinski definition) is 9. The fourth-order valence-electron chi connectivity index (χ4n) is 4.50. The van der Waals surface area contributed by atoms with E-state index in [1.165, 1.54) is 0 Å². The molecular weight excluding hydrogens is 507 g/mol. The lowest BCUT2D eigenvalue weighted by molar-refractivity contribution is 0.494. The van der Waals surface area contributed by atoms with E-state index in [1.54, 1.807) is 16.9 Å². The molecule has 0 radical (unpaired) electrons. The van der Waals surface area contributed by atoms with Gasteiger partial charge in [-0.15, -0.1) is 10.2 Å². The minimum absolute atomic E-state index is 0.351. The first-order valence-corrected chi connectivity index (χ1v) is 11.2. The van der Waals surface area contributed by atoms with Gasteiger partial charge in [0.25, 0.3) is 0 Å². The van der Waals surface area contributed by atoms with Crippen LogP contribution in [0, 0.1) is 26.7 Å². The zero-order chi connectivity index (χ0) is 21.4. The smallest absolute Gasteiger partial charge is 0.229 e. The summed E-state index contributed by atoms with van der Waals surface area (Å²) < 4.78 is 2.74. The minimum Gasteiger partial charge on any atom is -0.366 e. The van der Waals surface area contributed by atoms with Crippen molar-refractivity contribution in [1.29, 1.82) is 5.26 Å². The second-order valence-corrected chi connectivity index (χ2v) is 9.21. The van der Waals surface area contributed by atoms with Crippen LogP contribution in [0.15, 0.2) is 30.7 Å². The summed E-state index contributed by atoms with van der Waals surface area (Å²) in [6, 6.07) is 6.03. The molecule has 1 saturated carbocycles. The highest BCUT2D eigenvalue weighted by atomic mass is 127. The van der Waals surface area contributed by atoms with Gasteiger partial charge in [-0.1, -0.05) is 0 Å². The van der Waals surface area contributed by atoms with E-state index in [1.807, 2.05) is 31.6 Å². The summed E-state index contributed by atoms with van der Waals surface area (Å²) in [6.07, 6.45) is 7.65. The Morgan fingerprint density at radius 2 is 1.97 bits per heavy atom. The van der Waals surface area contributed by atoms with Crippen molar-refractivity contribution in [3.05, 3.63) is 40.0 Å². The number of anilines is 4. The second-order valence-electron chi connectivity index (χ2n) is 8.04. The van der Waals surface area contributed by atoms with Crippen molar-refractivity contribution >= 4 is 45.9 Å². The molecule has 3 aromatic heterocycles. The molecule has 10 nitrogen and oxygen atoms in total. The Morgan fingerprint density at radius 1 is 1.16 bits per heavy atom. The van der Waals surface area contributed by atoms with Crippen LogP contribution in [0.2, 0.25) is 0 Å². The first kappa shape index (κ1) is 19.9. The largest absolute Gasteiger partial charge is 0.366 e. The maximum atomic E-state index is 8.90. The predicted molar refractivity (Wildman–Crippen MR) is 124 cm³/mol. The number of fused-ring (bicyclic) bond motifs is 1. The summed E-state index contributed by atoms with van der Waals surface area (Å²) in [5, 5.41) is 28.1. The maximum Gasteiger partial charge on any atom is 0.229 e. The van der Waals surface area contributed by atoms with Crippen LogP contribution in [0.4, 0.5) is 23.3 Å². The Labute approximate surface area is 193 Å². The van der Waals surface area contributed by atoms with E-state index in [0.29, 0.717) is 29.5 Å². The van der Waals surface area contributed by atoms with Gasteiger partial charge in [-0.05, 0) is 59.4 Å². The fourth-order valence-corrected chi connectivity index (χ4v) is 4.91. The van der Waals surface area contributed by atoms with Crippen LogP contribution in [-0.4, -0.2) is 49.1 Å². The summed E-state index contributed by atoms with van der Waals surface area (Å²) in [6.45, 7) is 1.94. The molecule has 158 valence electrons. The molecule has 2 atom stereocenters. The zero-order valence-corrected chi connectivity index (χ0v) is 19.1. The van der Waals surface area contributed by atoms with Crippen LogP contribution in [0.3, 0.4) is 0 Å². The van der Waals surface area contributed by atoms with Crippen molar-refractivity contribution in [3.63, 3.8) is 0 Å². The van der Waals surface area contributed by atoms with Crippen LogP contribution in [0.25, 0.3) is 0 Å². The maximum absolute atomic E-state index is 8.90. The third-order valence-electron chi connectivity index (χ3n) is 5.89. The Hall–Kier alpha value is -3.01.